The maximum atomic E-state index is 4.50. The second kappa shape index (κ2) is 6.85. The molecule has 1 fully saturated rings. The highest BCUT2D eigenvalue weighted by Gasteiger charge is 2.21. The highest BCUT2D eigenvalue weighted by Crippen LogP contribution is 2.24. The van der Waals surface area contributed by atoms with Gasteiger partial charge in [0.2, 0.25) is 5.95 Å². The predicted molar refractivity (Wildman–Crippen MR) is 79.2 cm³/mol. The lowest BCUT2D eigenvalue weighted by Crippen LogP contribution is -2.30. The largest absolute Gasteiger partial charge is 0.341 e. The first-order valence-corrected chi connectivity index (χ1v) is 7.41. The molecule has 1 saturated carbocycles. The van der Waals surface area contributed by atoms with Gasteiger partial charge in [0.15, 0.2) is 0 Å². The average molecular weight is 262 g/mol. The van der Waals surface area contributed by atoms with Crippen molar-refractivity contribution in [3.05, 3.63) is 18.0 Å². The van der Waals surface area contributed by atoms with Gasteiger partial charge >= 0.3 is 0 Å². The van der Waals surface area contributed by atoms with Crippen molar-refractivity contribution in [2.75, 3.05) is 18.5 Å². The minimum Gasteiger partial charge on any atom is -0.341 e. The van der Waals surface area contributed by atoms with Crippen molar-refractivity contribution in [2.24, 2.45) is 5.92 Å². The standard InChI is InChI=1S/C15H26N4/c1-12(2)8-16-9-13-10-17-15(18-11-13)19(3)14-6-4-5-7-14/h10-12,14,16H,4-9H2,1-3H3. The van der Waals surface area contributed by atoms with Crippen molar-refractivity contribution in [1.82, 2.24) is 15.3 Å². The Balaban J connectivity index is 1.86. The zero-order chi connectivity index (χ0) is 13.7. The van der Waals surface area contributed by atoms with Gasteiger partial charge in [0.25, 0.3) is 0 Å². The van der Waals surface area contributed by atoms with Crippen LogP contribution in [0.25, 0.3) is 0 Å². The topological polar surface area (TPSA) is 41.1 Å². The van der Waals surface area contributed by atoms with E-state index in [4.69, 9.17) is 0 Å². The van der Waals surface area contributed by atoms with Gasteiger partial charge in [-0.3, -0.25) is 0 Å². The first kappa shape index (κ1) is 14.3. The summed E-state index contributed by atoms with van der Waals surface area (Å²) in [5, 5.41) is 3.41. The maximum absolute atomic E-state index is 4.50. The summed E-state index contributed by atoms with van der Waals surface area (Å²) in [6.07, 6.45) is 9.12. The quantitative estimate of drug-likeness (QED) is 0.855. The molecule has 0 amide bonds. The first-order chi connectivity index (χ1) is 9.16. The van der Waals surface area contributed by atoms with Crippen LogP contribution in [0.5, 0.6) is 0 Å². The Morgan fingerprint density at radius 2 is 1.89 bits per heavy atom. The minimum atomic E-state index is 0.630. The smallest absolute Gasteiger partial charge is 0.225 e. The lowest BCUT2D eigenvalue weighted by Gasteiger charge is -2.24. The molecule has 1 aromatic rings. The third-order valence-electron chi connectivity index (χ3n) is 3.76. The number of rotatable bonds is 6. The van der Waals surface area contributed by atoms with E-state index in [9.17, 15) is 0 Å². The number of nitrogens with zero attached hydrogens (tertiary/aromatic N) is 3. The van der Waals surface area contributed by atoms with E-state index in [1.807, 2.05) is 12.4 Å². The van der Waals surface area contributed by atoms with Crippen LogP contribution < -0.4 is 10.2 Å². The molecule has 0 spiro atoms. The highest BCUT2D eigenvalue weighted by atomic mass is 15.2. The number of anilines is 1. The molecule has 19 heavy (non-hydrogen) atoms. The fraction of sp³-hybridized carbons (Fsp3) is 0.733. The second-order valence-electron chi connectivity index (χ2n) is 5.97. The molecule has 0 bridgehead atoms. The van der Waals surface area contributed by atoms with E-state index in [2.05, 4.69) is 41.1 Å². The molecule has 0 atom stereocenters. The summed E-state index contributed by atoms with van der Waals surface area (Å²) >= 11 is 0. The summed E-state index contributed by atoms with van der Waals surface area (Å²) in [4.78, 5) is 11.2. The third kappa shape index (κ3) is 4.16. The zero-order valence-electron chi connectivity index (χ0n) is 12.4. The molecule has 1 aliphatic carbocycles. The minimum absolute atomic E-state index is 0.630. The Hall–Kier alpha value is -1.16. The predicted octanol–water partition coefficient (Wildman–Crippen LogP) is 2.60. The molecule has 0 saturated heterocycles. The summed E-state index contributed by atoms with van der Waals surface area (Å²) in [6.45, 7) is 6.31. The summed E-state index contributed by atoms with van der Waals surface area (Å²) in [5.41, 5.74) is 1.16. The van der Waals surface area contributed by atoms with Crippen LogP contribution in [-0.2, 0) is 6.54 Å². The zero-order valence-corrected chi connectivity index (χ0v) is 12.4. The normalized spacial score (nSPS) is 16.2. The molecule has 0 aromatic carbocycles. The Bertz CT molecular complexity index is 368. The van der Waals surface area contributed by atoms with Crippen molar-refractivity contribution in [1.29, 1.82) is 0 Å². The van der Waals surface area contributed by atoms with Crippen LogP contribution >= 0.6 is 0 Å². The van der Waals surface area contributed by atoms with Gasteiger partial charge in [0.1, 0.15) is 0 Å². The van der Waals surface area contributed by atoms with E-state index in [-0.39, 0.29) is 0 Å². The second-order valence-corrected chi connectivity index (χ2v) is 5.97. The van der Waals surface area contributed by atoms with E-state index < -0.39 is 0 Å². The molecule has 106 valence electrons. The van der Waals surface area contributed by atoms with E-state index >= 15 is 0 Å². The van der Waals surface area contributed by atoms with Crippen LogP contribution in [-0.4, -0.2) is 29.6 Å². The monoisotopic (exact) mass is 262 g/mol. The summed E-state index contributed by atoms with van der Waals surface area (Å²) in [5.74, 6) is 1.54. The summed E-state index contributed by atoms with van der Waals surface area (Å²) in [7, 11) is 2.11. The molecule has 1 heterocycles. The van der Waals surface area contributed by atoms with Gasteiger partial charge < -0.3 is 10.2 Å². The average Bonchev–Trinajstić information content (AvgIpc) is 2.92. The van der Waals surface area contributed by atoms with E-state index in [0.29, 0.717) is 12.0 Å². The Morgan fingerprint density at radius 3 is 2.47 bits per heavy atom. The molecule has 4 heteroatoms. The van der Waals surface area contributed by atoms with Crippen LogP contribution in [0.1, 0.15) is 45.1 Å². The van der Waals surface area contributed by atoms with Crippen LogP contribution in [0.4, 0.5) is 5.95 Å². The molecule has 1 aliphatic rings. The van der Waals surface area contributed by atoms with E-state index in [1.54, 1.807) is 0 Å². The molecule has 0 aliphatic heterocycles. The Labute approximate surface area is 116 Å². The highest BCUT2D eigenvalue weighted by molar-refractivity contribution is 5.30. The molecule has 0 unspecified atom stereocenters. The molecule has 2 rings (SSSR count). The molecular weight excluding hydrogens is 236 g/mol. The lowest BCUT2D eigenvalue weighted by molar-refractivity contribution is 0.551. The van der Waals surface area contributed by atoms with Crippen molar-refractivity contribution in [2.45, 2.75) is 52.1 Å². The van der Waals surface area contributed by atoms with Crippen LogP contribution in [0.2, 0.25) is 0 Å². The number of aromatic nitrogens is 2. The SMILES string of the molecule is CC(C)CNCc1cnc(N(C)C2CCCC2)nc1. The van der Waals surface area contributed by atoms with Crippen LogP contribution in [0.15, 0.2) is 12.4 Å². The molecular formula is C15H26N4. The van der Waals surface area contributed by atoms with Gasteiger partial charge in [0.05, 0.1) is 0 Å². The lowest BCUT2D eigenvalue weighted by atomic mass is 10.2. The fourth-order valence-corrected chi connectivity index (χ4v) is 2.58. The fourth-order valence-electron chi connectivity index (χ4n) is 2.58. The number of nitrogens with one attached hydrogen (secondary N) is 1. The first-order valence-electron chi connectivity index (χ1n) is 7.41. The van der Waals surface area contributed by atoms with E-state index in [0.717, 1.165) is 24.6 Å². The molecule has 4 nitrogen and oxygen atoms in total. The number of hydrogen-bond acceptors (Lipinski definition) is 4. The van der Waals surface area contributed by atoms with E-state index in [1.165, 1.54) is 25.7 Å². The van der Waals surface area contributed by atoms with Gasteiger partial charge in [-0.1, -0.05) is 26.7 Å². The third-order valence-corrected chi connectivity index (χ3v) is 3.76. The van der Waals surface area contributed by atoms with Gasteiger partial charge in [-0.15, -0.1) is 0 Å². The Kier molecular flexibility index (Phi) is 5.14. The van der Waals surface area contributed by atoms with Crippen molar-refractivity contribution in [3.63, 3.8) is 0 Å². The van der Waals surface area contributed by atoms with Crippen LogP contribution in [0.3, 0.4) is 0 Å². The molecule has 0 radical (unpaired) electrons. The number of hydrogen-bond donors (Lipinski definition) is 1. The van der Waals surface area contributed by atoms with Gasteiger partial charge in [-0.05, 0) is 25.3 Å². The maximum Gasteiger partial charge on any atom is 0.225 e. The van der Waals surface area contributed by atoms with Crippen molar-refractivity contribution < 1.29 is 0 Å². The Morgan fingerprint density at radius 1 is 1.26 bits per heavy atom. The van der Waals surface area contributed by atoms with Gasteiger partial charge in [0, 0.05) is 37.6 Å². The van der Waals surface area contributed by atoms with Gasteiger partial charge in [-0.2, -0.15) is 0 Å². The summed E-state index contributed by atoms with van der Waals surface area (Å²) in [6, 6.07) is 0.630. The van der Waals surface area contributed by atoms with Gasteiger partial charge in [-0.25, -0.2) is 9.97 Å². The molecule has 1 N–H and O–H groups in total. The van der Waals surface area contributed by atoms with Crippen molar-refractivity contribution in [3.8, 4) is 0 Å². The van der Waals surface area contributed by atoms with Crippen molar-refractivity contribution >= 4 is 5.95 Å². The van der Waals surface area contributed by atoms with Crippen LogP contribution in [0, 0.1) is 5.92 Å². The summed E-state index contributed by atoms with van der Waals surface area (Å²) < 4.78 is 0. The molecule has 1 aromatic heterocycles.